The van der Waals surface area contributed by atoms with Gasteiger partial charge in [-0.1, -0.05) is 42.3 Å². The summed E-state index contributed by atoms with van der Waals surface area (Å²) in [5.74, 6) is 1.80. The third-order valence-corrected chi connectivity index (χ3v) is 4.18. The van der Waals surface area contributed by atoms with Crippen LogP contribution in [0.5, 0.6) is 0 Å². The zero-order chi connectivity index (χ0) is 13.8. The molecule has 0 bridgehead atoms. The Morgan fingerprint density at radius 2 is 2.16 bits per heavy atom. The lowest BCUT2D eigenvalue weighted by atomic mass is 10.1. The Morgan fingerprint density at radius 1 is 1.37 bits per heavy atom. The van der Waals surface area contributed by atoms with Crippen molar-refractivity contribution in [3.05, 3.63) is 30.1 Å². The van der Waals surface area contributed by atoms with Crippen molar-refractivity contribution in [3.8, 4) is 0 Å². The molecular weight excluding hydrogens is 302 g/mol. The number of imidazole rings is 1. The normalized spacial score (nSPS) is 12.8. The zero-order valence-corrected chi connectivity index (χ0v) is 13.5. The fourth-order valence-corrected chi connectivity index (χ4v) is 2.80. The van der Waals surface area contributed by atoms with Crippen LogP contribution in [-0.2, 0) is 5.33 Å². The van der Waals surface area contributed by atoms with Crippen LogP contribution in [0.2, 0.25) is 0 Å². The molecule has 0 N–H and O–H groups in total. The average molecular weight is 324 g/mol. The maximum Gasteiger partial charge on any atom is 0.152 e. The van der Waals surface area contributed by atoms with E-state index in [1.807, 2.05) is 6.07 Å². The Balaban J connectivity index is 2.41. The number of fused-ring (bicyclic) bond motifs is 1. The predicted octanol–water partition coefficient (Wildman–Crippen LogP) is 4.10. The van der Waals surface area contributed by atoms with E-state index in [4.69, 9.17) is 4.98 Å². The largest absolute Gasteiger partial charge is 0.355 e. The Kier molecular flexibility index (Phi) is 4.86. The van der Waals surface area contributed by atoms with E-state index in [1.165, 1.54) is 12.1 Å². The van der Waals surface area contributed by atoms with Crippen LogP contribution in [0.25, 0.3) is 5.65 Å². The van der Waals surface area contributed by atoms with Gasteiger partial charge in [-0.15, -0.1) is 0 Å². The van der Waals surface area contributed by atoms with Crippen LogP contribution in [0.4, 0.5) is 5.82 Å². The van der Waals surface area contributed by atoms with Gasteiger partial charge in [-0.3, -0.25) is 0 Å². The minimum atomic E-state index is 0.688. The van der Waals surface area contributed by atoms with Crippen LogP contribution in [0.1, 0.15) is 32.9 Å². The number of hydrogen-bond acceptors (Lipinski definition) is 2. The molecule has 0 aliphatic rings. The molecule has 2 aromatic rings. The van der Waals surface area contributed by atoms with Crippen molar-refractivity contribution in [1.29, 1.82) is 0 Å². The molecule has 3 nitrogen and oxygen atoms in total. The summed E-state index contributed by atoms with van der Waals surface area (Å²) in [5, 5.41) is 0.824. The number of nitrogens with zero attached hydrogens (tertiary/aromatic N) is 3. The first kappa shape index (κ1) is 14.4. The van der Waals surface area contributed by atoms with E-state index in [9.17, 15) is 0 Å². The minimum Gasteiger partial charge on any atom is -0.355 e. The maximum atomic E-state index is 4.80. The third-order valence-electron chi connectivity index (χ3n) is 3.64. The number of pyridine rings is 1. The Labute approximate surface area is 123 Å². The first-order valence-corrected chi connectivity index (χ1v) is 8.10. The summed E-state index contributed by atoms with van der Waals surface area (Å²) < 4.78 is 2.17. The van der Waals surface area contributed by atoms with Crippen molar-refractivity contribution in [2.75, 3.05) is 18.0 Å². The fraction of sp³-hybridized carbons (Fsp3) is 0.533. The summed E-state index contributed by atoms with van der Waals surface area (Å²) in [7, 11) is 0. The summed E-state index contributed by atoms with van der Waals surface area (Å²) in [4.78, 5) is 7.19. The molecule has 0 fully saturated rings. The topological polar surface area (TPSA) is 20.5 Å². The van der Waals surface area contributed by atoms with Crippen LogP contribution < -0.4 is 4.90 Å². The van der Waals surface area contributed by atoms with Gasteiger partial charge in [0.2, 0.25) is 0 Å². The Hall–Kier alpha value is -1.03. The Bertz CT molecular complexity index is 535. The molecule has 4 heteroatoms. The second kappa shape index (κ2) is 6.42. The van der Waals surface area contributed by atoms with Gasteiger partial charge in [0.05, 0.1) is 5.69 Å². The molecule has 0 aromatic carbocycles. The molecule has 0 aliphatic carbocycles. The number of rotatable bonds is 6. The highest BCUT2D eigenvalue weighted by Gasteiger charge is 2.17. The summed E-state index contributed by atoms with van der Waals surface area (Å²) >= 11 is 3.60. The molecule has 0 aliphatic heterocycles. The van der Waals surface area contributed by atoms with E-state index in [-0.39, 0.29) is 0 Å². The first-order chi connectivity index (χ1) is 9.21. The van der Waals surface area contributed by atoms with Gasteiger partial charge in [0, 0.05) is 24.6 Å². The smallest absolute Gasteiger partial charge is 0.152 e. The number of halogens is 1. The van der Waals surface area contributed by atoms with E-state index >= 15 is 0 Å². The predicted molar refractivity (Wildman–Crippen MR) is 85.2 cm³/mol. The third kappa shape index (κ3) is 2.94. The lowest BCUT2D eigenvalue weighted by molar-refractivity contribution is 0.545. The SMILES string of the molecule is CCC(C)CN(CC)c1nc2ccccn2c1CBr. The van der Waals surface area contributed by atoms with Gasteiger partial charge in [0.1, 0.15) is 5.65 Å². The molecule has 0 spiro atoms. The van der Waals surface area contributed by atoms with Crippen molar-refractivity contribution in [1.82, 2.24) is 9.38 Å². The molecular formula is C15H22BrN3. The van der Waals surface area contributed by atoms with Crippen molar-refractivity contribution in [2.45, 2.75) is 32.5 Å². The molecule has 104 valence electrons. The summed E-state index contributed by atoms with van der Waals surface area (Å²) in [6.07, 6.45) is 3.28. The van der Waals surface area contributed by atoms with Gasteiger partial charge in [-0.25, -0.2) is 4.98 Å². The molecule has 1 atom stereocenters. The van der Waals surface area contributed by atoms with Gasteiger partial charge in [0.25, 0.3) is 0 Å². The standard InChI is InChI=1S/C15H22BrN3/c1-4-12(3)11-18(5-2)15-13(10-16)19-9-7-6-8-14(19)17-15/h6-9,12H,4-5,10-11H2,1-3H3. The summed E-state index contributed by atoms with van der Waals surface area (Å²) in [6, 6.07) is 6.15. The van der Waals surface area contributed by atoms with E-state index in [1.54, 1.807) is 0 Å². The van der Waals surface area contributed by atoms with Crippen LogP contribution >= 0.6 is 15.9 Å². The van der Waals surface area contributed by atoms with Gasteiger partial charge < -0.3 is 9.30 Å². The first-order valence-electron chi connectivity index (χ1n) is 6.98. The molecule has 19 heavy (non-hydrogen) atoms. The molecule has 2 heterocycles. The van der Waals surface area contributed by atoms with Gasteiger partial charge in [-0.2, -0.15) is 0 Å². The highest BCUT2D eigenvalue weighted by atomic mass is 79.9. The highest BCUT2D eigenvalue weighted by Crippen LogP contribution is 2.25. The average Bonchev–Trinajstić information content (AvgIpc) is 2.82. The number of hydrogen-bond donors (Lipinski definition) is 0. The molecule has 0 amide bonds. The zero-order valence-electron chi connectivity index (χ0n) is 11.9. The van der Waals surface area contributed by atoms with Crippen LogP contribution in [0.15, 0.2) is 24.4 Å². The monoisotopic (exact) mass is 323 g/mol. The van der Waals surface area contributed by atoms with E-state index in [0.29, 0.717) is 5.92 Å². The van der Waals surface area contributed by atoms with Gasteiger partial charge in [0.15, 0.2) is 5.82 Å². The second-order valence-corrected chi connectivity index (χ2v) is 5.56. The van der Waals surface area contributed by atoms with E-state index in [2.05, 4.69) is 64.3 Å². The van der Waals surface area contributed by atoms with Crippen LogP contribution in [0, 0.1) is 5.92 Å². The second-order valence-electron chi connectivity index (χ2n) is 5.00. The minimum absolute atomic E-state index is 0.688. The lowest BCUT2D eigenvalue weighted by Gasteiger charge is -2.24. The number of aromatic nitrogens is 2. The molecule has 0 radical (unpaired) electrons. The Morgan fingerprint density at radius 3 is 2.79 bits per heavy atom. The van der Waals surface area contributed by atoms with E-state index < -0.39 is 0 Å². The number of alkyl halides is 1. The van der Waals surface area contributed by atoms with Gasteiger partial charge >= 0.3 is 0 Å². The molecule has 0 saturated heterocycles. The van der Waals surface area contributed by atoms with Crippen molar-refractivity contribution < 1.29 is 0 Å². The molecule has 0 saturated carbocycles. The van der Waals surface area contributed by atoms with Crippen LogP contribution in [0.3, 0.4) is 0 Å². The van der Waals surface area contributed by atoms with Crippen LogP contribution in [-0.4, -0.2) is 22.5 Å². The quantitative estimate of drug-likeness (QED) is 0.746. The molecule has 2 aromatic heterocycles. The highest BCUT2D eigenvalue weighted by molar-refractivity contribution is 9.08. The van der Waals surface area contributed by atoms with E-state index in [0.717, 1.165) is 29.9 Å². The fourth-order valence-electron chi connectivity index (χ4n) is 2.28. The maximum absolute atomic E-state index is 4.80. The van der Waals surface area contributed by atoms with Crippen molar-refractivity contribution in [2.24, 2.45) is 5.92 Å². The van der Waals surface area contributed by atoms with Crippen molar-refractivity contribution >= 4 is 27.4 Å². The van der Waals surface area contributed by atoms with Crippen molar-refractivity contribution in [3.63, 3.8) is 0 Å². The summed E-state index contributed by atoms with van der Waals surface area (Å²) in [5.41, 5.74) is 2.26. The van der Waals surface area contributed by atoms with Gasteiger partial charge in [-0.05, 0) is 25.0 Å². The number of anilines is 1. The summed E-state index contributed by atoms with van der Waals surface area (Å²) in [6.45, 7) is 8.80. The molecule has 2 rings (SSSR count). The molecule has 1 unspecified atom stereocenters. The lowest BCUT2D eigenvalue weighted by Crippen LogP contribution is -2.29.